The normalized spacial score (nSPS) is 10.8. The molecule has 0 unspecified atom stereocenters. The largest absolute Gasteiger partial charge is 0.481 e. The molecule has 5 heteroatoms. The first-order valence-electron chi connectivity index (χ1n) is 3.90. The molecule has 2 heterocycles. The number of carbonyl (C=O) groups is 1. The second-order valence-electron chi connectivity index (χ2n) is 2.97. The topological polar surface area (TPSA) is 70.4 Å². The van der Waals surface area contributed by atoms with Crippen LogP contribution < -0.4 is 0 Å². The first kappa shape index (κ1) is 7.85. The molecule has 2 aromatic heterocycles. The molecule has 0 radical (unpaired) electrons. The third kappa shape index (κ3) is 1.40. The maximum atomic E-state index is 10.4. The Balaban J connectivity index is 2.39. The summed E-state index contributed by atoms with van der Waals surface area (Å²) in [6.07, 6.45) is 1.66. The van der Waals surface area contributed by atoms with Gasteiger partial charge in [-0.05, 0) is 6.92 Å². The third-order valence-electron chi connectivity index (χ3n) is 1.76. The summed E-state index contributed by atoms with van der Waals surface area (Å²) in [5, 5.41) is 11.5. The summed E-state index contributed by atoms with van der Waals surface area (Å²) in [5.74, 6) is -0.863. The lowest BCUT2D eigenvalue weighted by molar-refractivity contribution is -0.136. The van der Waals surface area contributed by atoms with Crippen LogP contribution in [0.25, 0.3) is 5.65 Å². The molecular weight excluding hydrogens is 170 g/mol. The van der Waals surface area contributed by atoms with E-state index >= 15 is 0 Å². The van der Waals surface area contributed by atoms with Crippen LogP contribution in [0.4, 0.5) is 0 Å². The average molecular weight is 179 g/mol. The minimum absolute atomic E-state index is 0.0332. The van der Waals surface area contributed by atoms with Crippen LogP contribution in [0.3, 0.4) is 0 Å². The Labute approximate surface area is 74.0 Å². The van der Waals surface area contributed by atoms with Crippen LogP contribution in [0, 0.1) is 6.92 Å². The number of hydrogen-bond donors (Lipinski definition) is 2. The van der Waals surface area contributed by atoms with Crippen molar-refractivity contribution >= 4 is 11.6 Å². The molecule has 2 N–H and O–H groups in total. The molecule has 0 spiro atoms. The van der Waals surface area contributed by atoms with E-state index in [0.29, 0.717) is 5.69 Å². The zero-order valence-electron chi connectivity index (χ0n) is 7.11. The number of aryl methyl sites for hydroxylation is 1. The summed E-state index contributed by atoms with van der Waals surface area (Å²) >= 11 is 0. The van der Waals surface area contributed by atoms with Gasteiger partial charge in [0.05, 0.1) is 18.3 Å². The molecular formula is C8H9N3O2. The number of carboxylic acid groups (broad SMARTS) is 1. The second-order valence-corrected chi connectivity index (χ2v) is 2.97. The Kier molecular flexibility index (Phi) is 1.58. The molecule has 0 saturated heterocycles. The van der Waals surface area contributed by atoms with Crippen molar-refractivity contribution in [3.63, 3.8) is 0 Å². The molecule has 0 amide bonds. The van der Waals surface area contributed by atoms with Gasteiger partial charge >= 0.3 is 5.97 Å². The van der Waals surface area contributed by atoms with Crippen molar-refractivity contribution < 1.29 is 9.90 Å². The number of nitrogens with zero attached hydrogens (tertiary/aromatic N) is 2. The van der Waals surface area contributed by atoms with Crippen LogP contribution >= 0.6 is 0 Å². The molecule has 2 rings (SSSR count). The van der Waals surface area contributed by atoms with Gasteiger partial charge in [0.25, 0.3) is 0 Å². The summed E-state index contributed by atoms with van der Waals surface area (Å²) in [5.41, 5.74) is 2.33. The van der Waals surface area contributed by atoms with E-state index in [2.05, 4.69) is 10.1 Å². The number of H-pyrrole nitrogens is 1. The van der Waals surface area contributed by atoms with Crippen molar-refractivity contribution in [1.29, 1.82) is 0 Å². The number of aromatic amines is 1. The van der Waals surface area contributed by atoms with Gasteiger partial charge in [0.2, 0.25) is 0 Å². The predicted molar refractivity (Wildman–Crippen MR) is 45.6 cm³/mol. The number of aromatic nitrogens is 3. The molecule has 2 aromatic rings. The van der Waals surface area contributed by atoms with Crippen LogP contribution in [-0.2, 0) is 11.2 Å². The van der Waals surface area contributed by atoms with Gasteiger partial charge in [-0.3, -0.25) is 9.89 Å². The van der Waals surface area contributed by atoms with Crippen molar-refractivity contribution in [3.8, 4) is 0 Å². The van der Waals surface area contributed by atoms with Crippen LogP contribution in [0.2, 0.25) is 0 Å². The van der Waals surface area contributed by atoms with Crippen LogP contribution in [0.5, 0.6) is 0 Å². The van der Waals surface area contributed by atoms with Gasteiger partial charge in [-0.25, -0.2) is 9.50 Å². The number of aliphatic carboxylic acids is 1. The summed E-state index contributed by atoms with van der Waals surface area (Å²) in [6, 6.07) is 1.87. The Hall–Kier alpha value is -1.78. The van der Waals surface area contributed by atoms with Gasteiger partial charge in [0, 0.05) is 11.8 Å². The number of carboxylic acids is 1. The molecule has 13 heavy (non-hydrogen) atoms. The highest BCUT2D eigenvalue weighted by Gasteiger charge is 2.06. The zero-order chi connectivity index (χ0) is 9.42. The SMILES string of the molecule is Cc1cc2nc(CC(=O)O)cn2[nH]1. The van der Waals surface area contributed by atoms with E-state index in [4.69, 9.17) is 5.11 Å². The molecule has 0 aromatic carbocycles. The summed E-state index contributed by atoms with van der Waals surface area (Å²) in [6.45, 7) is 1.92. The highest BCUT2D eigenvalue weighted by Crippen LogP contribution is 2.06. The standard InChI is InChI=1S/C8H9N3O2/c1-5-2-7-9-6(3-8(12)13)4-11(7)10-5/h2,4,10H,3H2,1H3,(H,12,13). The van der Waals surface area contributed by atoms with Crippen molar-refractivity contribution in [1.82, 2.24) is 14.6 Å². The van der Waals surface area contributed by atoms with E-state index in [-0.39, 0.29) is 6.42 Å². The monoisotopic (exact) mass is 179 g/mol. The lowest BCUT2D eigenvalue weighted by Crippen LogP contribution is -1.99. The van der Waals surface area contributed by atoms with E-state index in [0.717, 1.165) is 11.3 Å². The molecule has 0 aliphatic heterocycles. The van der Waals surface area contributed by atoms with E-state index < -0.39 is 5.97 Å². The summed E-state index contributed by atoms with van der Waals surface area (Å²) in [7, 11) is 0. The molecule has 0 aliphatic rings. The smallest absolute Gasteiger partial charge is 0.309 e. The molecule has 68 valence electrons. The van der Waals surface area contributed by atoms with Gasteiger partial charge in [0.1, 0.15) is 0 Å². The third-order valence-corrected chi connectivity index (χ3v) is 1.76. The minimum atomic E-state index is -0.863. The molecule has 5 nitrogen and oxygen atoms in total. The summed E-state index contributed by atoms with van der Waals surface area (Å²) < 4.78 is 1.72. The fourth-order valence-corrected chi connectivity index (χ4v) is 1.29. The average Bonchev–Trinajstić information content (AvgIpc) is 2.41. The first-order valence-corrected chi connectivity index (χ1v) is 3.90. The molecule has 0 atom stereocenters. The van der Waals surface area contributed by atoms with Crippen LogP contribution in [0.1, 0.15) is 11.4 Å². The number of hydrogen-bond acceptors (Lipinski definition) is 2. The maximum Gasteiger partial charge on any atom is 0.309 e. The van der Waals surface area contributed by atoms with Gasteiger partial charge in [-0.1, -0.05) is 0 Å². The highest BCUT2D eigenvalue weighted by atomic mass is 16.4. The van der Waals surface area contributed by atoms with Gasteiger partial charge in [0.15, 0.2) is 5.65 Å². The first-order chi connectivity index (χ1) is 6.15. The highest BCUT2D eigenvalue weighted by molar-refractivity contribution is 5.69. The zero-order valence-corrected chi connectivity index (χ0v) is 7.11. The molecule has 0 aliphatic carbocycles. The van der Waals surface area contributed by atoms with Crippen molar-refractivity contribution in [2.45, 2.75) is 13.3 Å². The maximum absolute atomic E-state index is 10.4. The quantitative estimate of drug-likeness (QED) is 0.709. The number of imidazole rings is 1. The van der Waals surface area contributed by atoms with E-state index in [1.807, 2.05) is 13.0 Å². The molecule has 0 fully saturated rings. The summed E-state index contributed by atoms with van der Waals surface area (Å²) in [4.78, 5) is 14.5. The Morgan fingerprint density at radius 1 is 1.77 bits per heavy atom. The number of nitrogens with one attached hydrogen (secondary N) is 1. The van der Waals surface area contributed by atoms with Gasteiger partial charge in [-0.15, -0.1) is 0 Å². The van der Waals surface area contributed by atoms with Gasteiger partial charge in [-0.2, -0.15) is 0 Å². The van der Waals surface area contributed by atoms with Crippen LogP contribution in [-0.4, -0.2) is 25.7 Å². The van der Waals surface area contributed by atoms with Gasteiger partial charge < -0.3 is 5.11 Å². The predicted octanol–water partition coefficient (Wildman–Crippen LogP) is 0.598. The Morgan fingerprint density at radius 3 is 3.15 bits per heavy atom. The fraction of sp³-hybridized carbons (Fsp3) is 0.250. The molecule has 0 saturated carbocycles. The number of rotatable bonds is 2. The molecule has 0 bridgehead atoms. The number of fused-ring (bicyclic) bond motifs is 1. The van der Waals surface area contributed by atoms with Crippen molar-refractivity contribution in [2.75, 3.05) is 0 Å². The Bertz CT molecular complexity index is 423. The minimum Gasteiger partial charge on any atom is -0.481 e. The fourth-order valence-electron chi connectivity index (χ4n) is 1.29. The van der Waals surface area contributed by atoms with E-state index in [9.17, 15) is 4.79 Å². The lowest BCUT2D eigenvalue weighted by Gasteiger charge is -1.86. The second kappa shape index (κ2) is 2.62. The Morgan fingerprint density at radius 2 is 2.54 bits per heavy atom. The van der Waals surface area contributed by atoms with Crippen LogP contribution in [0.15, 0.2) is 12.3 Å². The lowest BCUT2D eigenvalue weighted by atomic mass is 10.3. The van der Waals surface area contributed by atoms with E-state index in [1.54, 1.807) is 10.7 Å². The van der Waals surface area contributed by atoms with Crippen molar-refractivity contribution in [2.24, 2.45) is 0 Å². The van der Waals surface area contributed by atoms with E-state index in [1.165, 1.54) is 0 Å². The van der Waals surface area contributed by atoms with Crippen molar-refractivity contribution in [3.05, 3.63) is 23.7 Å².